The Bertz CT molecular complexity index is 743. The van der Waals surface area contributed by atoms with Crippen LogP contribution < -0.4 is 10.3 Å². The second-order valence-electron chi connectivity index (χ2n) is 4.51. The fraction of sp³-hybridized carbons (Fsp3) is 0.267. The highest BCUT2D eigenvalue weighted by molar-refractivity contribution is 7.98. The Morgan fingerprint density at radius 2 is 2.18 bits per heavy atom. The summed E-state index contributed by atoms with van der Waals surface area (Å²) in [7, 11) is 0. The highest BCUT2D eigenvalue weighted by Crippen LogP contribution is 2.27. The SMILES string of the molecule is CCOc1ccc(C(C)=O)cc1CSc1nc(O)cc(=O)[nH]1. The summed E-state index contributed by atoms with van der Waals surface area (Å²) < 4.78 is 5.54. The van der Waals surface area contributed by atoms with E-state index in [1.807, 2.05) is 6.92 Å². The van der Waals surface area contributed by atoms with Crippen LogP contribution in [0.3, 0.4) is 0 Å². The van der Waals surface area contributed by atoms with Crippen molar-refractivity contribution in [2.45, 2.75) is 24.8 Å². The summed E-state index contributed by atoms with van der Waals surface area (Å²) in [5, 5.41) is 9.64. The molecule has 0 amide bonds. The van der Waals surface area contributed by atoms with Gasteiger partial charge in [-0.3, -0.25) is 9.59 Å². The molecule has 0 aliphatic rings. The van der Waals surface area contributed by atoms with E-state index in [4.69, 9.17) is 4.74 Å². The Morgan fingerprint density at radius 3 is 2.82 bits per heavy atom. The fourth-order valence-electron chi connectivity index (χ4n) is 1.85. The number of carbonyl (C=O) groups excluding carboxylic acids is 1. The third kappa shape index (κ3) is 4.11. The minimum atomic E-state index is -0.419. The van der Waals surface area contributed by atoms with Gasteiger partial charge in [0.25, 0.3) is 5.56 Å². The lowest BCUT2D eigenvalue weighted by Crippen LogP contribution is -2.06. The molecule has 1 aromatic heterocycles. The molecular weight excluding hydrogens is 304 g/mol. The number of aromatic amines is 1. The van der Waals surface area contributed by atoms with Crippen molar-refractivity contribution in [2.24, 2.45) is 0 Å². The Kier molecular flexibility index (Phi) is 5.21. The van der Waals surface area contributed by atoms with Crippen molar-refractivity contribution in [1.29, 1.82) is 0 Å². The molecular formula is C15H16N2O4S. The minimum Gasteiger partial charge on any atom is -0.494 e. The van der Waals surface area contributed by atoms with Gasteiger partial charge in [0.15, 0.2) is 10.9 Å². The van der Waals surface area contributed by atoms with E-state index in [1.165, 1.54) is 18.7 Å². The van der Waals surface area contributed by atoms with Crippen LogP contribution in [-0.4, -0.2) is 27.5 Å². The number of rotatable bonds is 6. The van der Waals surface area contributed by atoms with Gasteiger partial charge in [-0.15, -0.1) is 0 Å². The molecule has 0 aliphatic heterocycles. The zero-order chi connectivity index (χ0) is 16.1. The maximum absolute atomic E-state index is 11.5. The number of aromatic nitrogens is 2. The first-order chi connectivity index (χ1) is 10.5. The van der Waals surface area contributed by atoms with Crippen LogP contribution in [0.25, 0.3) is 0 Å². The van der Waals surface area contributed by atoms with Crippen molar-refractivity contribution in [2.75, 3.05) is 6.61 Å². The molecule has 0 unspecified atom stereocenters. The number of aromatic hydroxyl groups is 1. The normalized spacial score (nSPS) is 10.5. The highest BCUT2D eigenvalue weighted by Gasteiger charge is 2.10. The van der Waals surface area contributed by atoms with Crippen molar-refractivity contribution in [3.05, 3.63) is 45.7 Å². The lowest BCUT2D eigenvalue weighted by Gasteiger charge is -2.11. The van der Waals surface area contributed by atoms with Gasteiger partial charge < -0.3 is 14.8 Å². The molecule has 0 fully saturated rings. The van der Waals surface area contributed by atoms with Crippen molar-refractivity contribution in [3.8, 4) is 11.6 Å². The van der Waals surface area contributed by atoms with Gasteiger partial charge in [0.1, 0.15) is 5.75 Å². The zero-order valence-electron chi connectivity index (χ0n) is 12.3. The second kappa shape index (κ2) is 7.13. The average Bonchev–Trinajstić information content (AvgIpc) is 2.45. The van der Waals surface area contributed by atoms with Crippen LogP contribution in [0, 0.1) is 0 Å². The Morgan fingerprint density at radius 1 is 1.41 bits per heavy atom. The van der Waals surface area contributed by atoms with Crippen LogP contribution in [0.1, 0.15) is 29.8 Å². The zero-order valence-corrected chi connectivity index (χ0v) is 13.1. The number of carbonyl (C=O) groups is 1. The van der Waals surface area contributed by atoms with Gasteiger partial charge in [-0.05, 0) is 32.0 Å². The highest BCUT2D eigenvalue weighted by atomic mass is 32.2. The lowest BCUT2D eigenvalue weighted by atomic mass is 10.1. The van der Waals surface area contributed by atoms with Gasteiger partial charge in [-0.2, -0.15) is 4.98 Å². The number of Topliss-reactive ketones (excluding diaryl/α,β-unsaturated/α-hetero) is 1. The first-order valence-electron chi connectivity index (χ1n) is 6.69. The first-order valence-corrected chi connectivity index (χ1v) is 7.68. The van der Waals surface area contributed by atoms with E-state index in [9.17, 15) is 14.7 Å². The smallest absolute Gasteiger partial charge is 0.255 e. The summed E-state index contributed by atoms with van der Waals surface area (Å²) >= 11 is 1.24. The quantitative estimate of drug-likeness (QED) is 0.482. The van der Waals surface area contributed by atoms with E-state index in [2.05, 4.69) is 9.97 Å². The monoisotopic (exact) mass is 320 g/mol. The molecule has 2 N–H and O–H groups in total. The van der Waals surface area contributed by atoms with Crippen LogP contribution in [-0.2, 0) is 5.75 Å². The number of nitrogens with zero attached hydrogens (tertiary/aromatic N) is 1. The standard InChI is InChI=1S/C15H16N2O4S/c1-3-21-12-5-4-10(9(2)18)6-11(12)8-22-15-16-13(19)7-14(20)17-15/h4-7H,3,8H2,1-2H3,(H2,16,17,19,20). The molecule has 1 aromatic carbocycles. The van der Waals surface area contributed by atoms with Gasteiger partial charge in [0, 0.05) is 16.9 Å². The summed E-state index contributed by atoms with van der Waals surface area (Å²) in [4.78, 5) is 29.2. The number of ether oxygens (including phenoxy) is 1. The molecule has 0 bridgehead atoms. The van der Waals surface area contributed by atoms with Gasteiger partial charge in [-0.25, -0.2) is 0 Å². The first kappa shape index (κ1) is 16.1. The molecule has 2 rings (SSSR count). The average molecular weight is 320 g/mol. The van der Waals surface area contributed by atoms with Crippen molar-refractivity contribution < 1.29 is 14.6 Å². The third-order valence-corrected chi connectivity index (χ3v) is 3.76. The van der Waals surface area contributed by atoms with Crippen LogP contribution in [0.2, 0.25) is 0 Å². The Labute approximate surface area is 131 Å². The predicted octanol–water partition coefficient (Wildman–Crippen LogP) is 2.37. The number of thioether (sulfide) groups is 1. The maximum Gasteiger partial charge on any atom is 0.255 e. The summed E-state index contributed by atoms with van der Waals surface area (Å²) in [6.45, 7) is 3.89. The topological polar surface area (TPSA) is 92.3 Å². The number of H-pyrrole nitrogens is 1. The molecule has 7 heteroatoms. The molecule has 1 heterocycles. The number of benzene rings is 1. The molecule has 22 heavy (non-hydrogen) atoms. The van der Waals surface area contributed by atoms with Gasteiger partial charge >= 0.3 is 0 Å². The van der Waals surface area contributed by atoms with E-state index in [0.717, 1.165) is 11.6 Å². The van der Waals surface area contributed by atoms with Gasteiger partial charge in [0.2, 0.25) is 5.88 Å². The largest absolute Gasteiger partial charge is 0.494 e. The molecule has 2 aromatic rings. The van der Waals surface area contributed by atoms with Gasteiger partial charge in [-0.1, -0.05) is 11.8 Å². The van der Waals surface area contributed by atoms with E-state index in [1.54, 1.807) is 18.2 Å². The van der Waals surface area contributed by atoms with E-state index in [-0.39, 0.29) is 11.7 Å². The second-order valence-corrected chi connectivity index (χ2v) is 5.47. The van der Waals surface area contributed by atoms with E-state index < -0.39 is 5.56 Å². The minimum absolute atomic E-state index is 0.0295. The summed E-state index contributed by atoms with van der Waals surface area (Å²) in [6, 6.07) is 6.25. The van der Waals surface area contributed by atoms with Crippen LogP contribution in [0.15, 0.2) is 34.2 Å². The molecule has 0 spiro atoms. The number of nitrogens with one attached hydrogen (secondary N) is 1. The maximum atomic E-state index is 11.5. The Hall–Kier alpha value is -2.28. The fourth-order valence-corrected chi connectivity index (χ4v) is 2.69. The van der Waals surface area contributed by atoms with Crippen molar-refractivity contribution in [1.82, 2.24) is 9.97 Å². The molecule has 0 atom stereocenters. The predicted molar refractivity (Wildman–Crippen MR) is 83.7 cm³/mol. The van der Waals surface area contributed by atoms with E-state index >= 15 is 0 Å². The Balaban J connectivity index is 2.24. The van der Waals surface area contributed by atoms with Crippen molar-refractivity contribution >= 4 is 17.5 Å². The van der Waals surface area contributed by atoms with Crippen molar-refractivity contribution in [3.63, 3.8) is 0 Å². The molecule has 6 nitrogen and oxygen atoms in total. The number of ketones is 1. The van der Waals surface area contributed by atoms with Crippen LogP contribution in [0.4, 0.5) is 0 Å². The summed E-state index contributed by atoms with van der Waals surface area (Å²) in [5.41, 5.74) is 1.000. The van der Waals surface area contributed by atoms with E-state index in [0.29, 0.717) is 28.8 Å². The summed E-state index contributed by atoms with van der Waals surface area (Å²) in [6.07, 6.45) is 0. The number of hydrogen-bond acceptors (Lipinski definition) is 6. The molecule has 0 aliphatic carbocycles. The van der Waals surface area contributed by atoms with Crippen LogP contribution >= 0.6 is 11.8 Å². The molecule has 0 saturated carbocycles. The third-order valence-electron chi connectivity index (χ3n) is 2.84. The number of hydrogen-bond donors (Lipinski definition) is 2. The van der Waals surface area contributed by atoms with Crippen LogP contribution in [0.5, 0.6) is 11.6 Å². The molecule has 0 saturated heterocycles. The lowest BCUT2D eigenvalue weighted by molar-refractivity contribution is 0.101. The summed E-state index contributed by atoms with van der Waals surface area (Å²) in [5.74, 6) is 0.775. The van der Waals surface area contributed by atoms with Gasteiger partial charge in [0.05, 0.1) is 12.7 Å². The molecule has 116 valence electrons. The molecule has 0 radical (unpaired) electrons.